The van der Waals surface area contributed by atoms with E-state index in [-0.39, 0.29) is 0 Å². The van der Waals surface area contributed by atoms with Gasteiger partial charge in [-0.1, -0.05) is 6.92 Å². The highest BCUT2D eigenvalue weighted by Gasteiger charge is 2.11. The lowest BCUT2D eigenvalue weighted by atomic mass is 10.1. The third kappa shape index (κ3) is 1.19. The first-order valence-corrected chi connectivity index (χ1v) is 3.42. The number of anilines is 1. The largest absolute Gasteiger partial charge is 0.385 e. The molecule has 0 aliphatic rings. The van der Waals surface area contributed by atoms with Gasteiger partial charge >= 0.3 is 0 Å². The molecule has 0 saturated heterocycles. The Balaban J connectivity index is 3.17. The molecule has 0 spiro atoms. The molecule has 0 radical (unpaired) electrons. The third-order valence-electron chi connectivity index (χ3n) is 1.62. The molecule has 1 rings (SSSR count). The Kier molecular flexibility index (Phi) is 1.85. The van der Waals surface area contributed by atoms with Crippen molar-refractivity contribution in [2.24, 2.45) is 5.73 Å². The number of primary amides is 1. The minimum absolute atomic E-state index is 0.356. The summed E-state index contributed by atoms with van der Waals surface area (Å²) in [6.45, 7) is 1.94. The second-order valence-corrected chi connectivity index (χ2v) is 2.32. The molecule has 60 valence electrons. The van der Waals surface area contributed by atoms with E-state index in [4.69, 9.17) is 11.5 Å². The first-order valence-electron chi connectivity index (χ1n) is 3.42. The van der Waals surface area contributed by atoms with Crippen LogP contribution in [0.3, 0.4) is 0 Å². The van der Waals surface area contributed by atoms with E-state index in [1.54, 1.807) is 6.20 Å². The van der Waals surface area contributed by atoms with Gasteiger partial charge in [0.05, 0.1) is 5.56 Å². The Morgan fingerprint density at radius 3 is 2.73 bits per heavy atom. The molecule has 1 amide bonds. The molecular formula is C7H11N3O. The average molecular weight is 153 g/mol. The molecular weight excluding hydrogens is 142 g/mol. The van der Waals surface area contributed by atoms with E-state index < -0.39 is 5.91 Å². The number of amides is 1. The molecule has 4 nitrogen and oxygen atoms in total. The SMILES string of the molecule is CCc1c[nH]c(N)c1C(N)=O. The van der Waals surface area contributed by atoms with Crippen LogP contribution in [-0.2, 0) is 6.42 Å². The zero-order valence-electron chi connectivity index (χ0n) is 6.35. The summed E-state index contributed by atoms with van der Waals surface area (Å²) in [6.07, 6.45) is 2.46. The Bertz CT molecular complexity index is 277. The molecule has 0 fully saturated rings. The van der Waals surface area contributed by atoms with Crippen molar-refractivity contribution in [1.29, 1.82) is 0 Å². The number of aromatic nitrogens is 1. The molecule has 1 aromatic heterocycles. The van der Waals surface area contributed by atoms with Gasteiger partial charge in [-0.15, -0.1) is 0 Å². The number of hydrogen-bond donors (Lipinski definition) is 3. The first-order chi connectivity index (χ1) is 5.16. The van der Waals surface area contributed by atoms with Crippen molar-refractivity contribution in [1.82, 2.24) is 4.98 Å². The van der Waals surface area contributed by atoms with Gasteiger partial charge in [0.15, 0.2) is 0 Å². The molecule has 1 heterocycles. The van der Waals surface area contributed by atoms with Crippen LogP contribution in [0.1, 0.15) is 22.8 Å². The van der Waals surface area contributed by atoms with Gasteiger partial charge in [0.25, 0.3) is 5.91 Å². The molecule has 0 aliphatic heterocycles. The van der Waals surface area contributed by atoms with Gasteiger partial charge in [0.2, 0.25) is 0 Å². The van der Waals surface area contributed by atoms with E-state index in [1.165, 1.54) is 0 Å². The smallest absolute Gasteiger partial charge is 0.252 e. The van der Waals surface area contributed by atoms with Gasteiger partial charge in [0.1, 0.15) is 5.82 Å². The maximum Gasteiger partial charge on any atom is 0.252 e. The van der Waals surface area contributed by atoms with Crippen LogP contribution >= 0.6 is 0 Å². The number of nitrogens with two attached hydrogens (primary N) is 2. The van der Waals surface area contributed by atoms with Crippen LogP contribution in [0.5, 0.6) is 0 Å². The quantitative estimate of drug-likeness (QED) is 0.569. The normalized spacial score (nSPS) is 9.91. The number of nitrogens with one attached hydrogen (secondary N) is 1. The first kappa shape index (κ1) is 7.65. The summed E-state index contributed by atoms with van der Waals surface area (Å²) in [6, 6.07) is 0. The van der Waals surface area contributed by atoms with Crippen LogP contribution in [0.25, 0.3) is 0 Å². The summed E-state index contributed by atoms with van der Waals surface area (Å²) >= 11 is 0. The number of nitrogen functional groups attached to an aromatic ring is 1. The molecule has 0 atom stereocenters. The van der Waals surface area contributed by atoms with Gasteiger partial charge in [-0.3, -0.25) is 4.79 Å². The maximum absolute atomic E-state index is 10.8. The molecule has 0 aromatic carbocycles. The zero-order valence-corrected chi connectivity index (χ0v) is 6.35. The van der Waals surface area contributed by atoms with Crippen LogP contribution in [0, 0.1) is 0 Å². The monoisotopic (exact) mass is 153 g/mol. The number of rotatable bonds is 2. The highest BCUT2D eigenvalue weighted by molar-refractivity contribution is 5.98. The standard InChI is InChI=1S/C7H11N3O/c1-2-4-3-10-6(8)5(4)7(9)11/h3,10H,2,8H2,1H3,(H2,9,11). The molecule has 0 aliphatic carbocycles. The molecule has 0 unspecified atom stereocenters. The fraction of sp³-hybridized carbons (Fsp3) is 0.286. The highest BCUT2D eigenvalue weighted by atomic mass is 16.1. The van der Waals surface area contributed by atoms with E-state index in [0.717, 1.165) is 12.0 Å². The number of carbonyl (C=O) groups excluding carboxylic acids is 1. The van der Waals surface area contributed by atoms with Gasteiger partial charge in [-0.05, 0) is 12.0 Å². The van der Waals surface area contributed by atoms with Crippen molar-refractivity contribution in [2.45, 2.75) is 13.3 Å². The van der Waals surface area contributed by atoms with Crippen molar-refractivity contribution in [3.8, 4) is 0 Å². The summed E-state index contributed by atoms with van der Waals surface area (Å²) in [7, 11) is 0. The van der Waals surface area contributed by atoms with Crippen molar-refractivity contribution in [3.63, 3.8) is 0 Å². The third-order valence-corrected chi connectivity index (χ3v) is 1.62. The number of hydrogen-bond acceptors (Lipinski definition) is 2. The second-order valence-electron chi connectivity index (χ2n) is 2.32. The van der Waals surface area contributed by atoms with Crippen molar-refractivity contribution < 1.29 is 4.79 Å². The predicted octanol–water partition coefficient (Wildman–Crippen LogP) is 0.258. The summed E-state index contributed by atoms with van der Waals surface area (Å²) in [4.78, 5) is 13.5. The average Bonchev–Trinajstić information content (AvgIpc) is 2.30. The van der Waals surface area contributed by atoms with Gasteiger partial charge in [0, 0.05) is 6.20 Å². The summed E-state index contributed by atoms with van der Waals surface area (Å²) < 4.78 is 0. The van der Waals surface area contributed by atoms with Crippen LogP contribution in [0.15, 0.2) is 6.20 Å². The van der Waals surface area contributed by atoms with Crippen LogP contribution < -0.4 is 11.5 Å². The maximum atomic E-state index is 10.8. The zero-order chi connectivity index (χ0) is 8.43. The minimum Gasteiger partial charge on any atom is -0.385 e. The molecule has 1 aromatic rings. The Morgan fingerprint density at radius 1 is 1.73 bits per heavy atom. The minimum atomic E-state index is -0.472. The van der Waals surface area contributed by atoms with E-state index >= 15 is 0 Å². The molecule has 4 heteroatoms. The molecule has 11 heavy (non-hydrogen) atoms. The topological polar surface area (TPSA) is 84.9 Å². The fourth-order valence-electron chi connectivity index (χ4n) is 1.05. The van der Waals surface area contributed by atoms with Gasteiger partial charge in [-0.2, -0.15) is 0 Å². The number of aromatic amines is 1. The van der Waals surface area contributed by atoms with Crippen molar-refractivity contribution in [2.75, 3.05) is 5.73 Å². The Labute approximate surface area is 64.6 Å². The lowest BCUT2D eigenvalue weighted by Crippen LogP contribution is -2.14. The highest BCUT2D eigenvalue weighted by Crippen LogP contribution is 2.15. The van der Waals surface area contributed by atoms with E-state index in [9.17, 15) is 4.79 Å². The number of H-pyrrole nitrogens is 1. The lowest BCUT2D eigenvalue weighted by molar-refractivity contribution is 0.100. The molecule has 5 N–H and O–H groups in total. The predicted molar refractivity (Wildman–Crippen MR) is 43.1 cm³/mol. The Hall–Kier alpha value is -1.45. The van der Waals surface area contributed by atoms with E-state index in [0.29, 0.717) is 11.4 Å². The lowest BCUT2D eigenvalue weighted by Gasteiger charge is -1.95. The van der Waals surface area contributed by atoms with Gasteiger partial charge < -0.3 is 16.5 Å². The number of aryl methyl sites for hydroxylation is 1. The molecule has 0 saturated carbocycles. The van der Waals surface area contributed by atoms with E-state index in [1.807, 2.05) is 6.92 Å². The van der Waals surface area contributed by atoms with Crippen molar-refractivity contribution in [3.05, 3.63) is 17.3 Å². The summed E-state index contributed by atoms with van der Waals surface area (Å²) in [5, 5.41) is 0. The molecule has 0 bridgehead atoms. The Morgan fingerprint density at radius 2 is 2.36 bits per heavy atom. The van der Waals surface area contributed by atoms with Crippen LogP contribution in [-0.4, -0.2) is 10.9 Å². The summed E-state index contributed by atoms with van der Waals surface area (Å²) in [5.74, 6) is -0.116. The van der Waals surface area contributed by atoms with Crippen LogP contribution in [0.2, 0.25) is 0 Å². The van der Waals surface area contributed by atoms with Crippen molar-refractivity contribution >= 4 is 11.7 Å². The van der Waals surface area contributed by atoms with Gasteiger partial charge in [-0.25, -0.2) is 0 Å². The van der Waals surface area contributed by atoms with Crippen LogP contribution in [0.4, 0.5) is 5.82 Å². The second kappa shape index (κ2) is 2.65. The summed E-state index contributed by atoms with van der Waals surface area (Å²) in [5.41, 5.74) is 11.9. The van der Waals surface area contributed by atoms with E-state index in [2.05, 4.69) is 4.98 Å². The fourth-order valence-corrected chi connectivity index (χ4v) is 1.05. The number of carbonyl (C=O) groups is 1.